The molecule has 1 aromatic carbocycles. The minimum absolute atomic E-state index is 0.0232. The Labute approximate surface area is 93.4 Å². The van der Waals surface area contributed by atoms with Crippen LogP contribution in [0.25, 0.3) is 0 Å². The van der Waals surface area contributed by atoms with Gasteiger partial charge in [-0.05, 0) is 25.7 Å². The van der Waals surface area contributed by atoms with Crippen LogP contribution in [0.5, 0.6) is 5.75 Å². The van der Waals surface area contributed by atoms with Crippen LogP contribution in [0.3, 0.4) is 0 Å². The molecule has 2 N–H and O–H groups in total. The van der Waals surface area contributed by atoms with Crippen LogP contribution in [0.15, 0.2) is 18.2 Å². The molecule has 16 heavy (non-hydrogen) atoms. The zero-order valence-electron chi connectivity index (χ0n) is 8.96. The van der Waals surface area contributed by atoms with Crippen molar-refractivity contribution in [1.29, 1.82) is 0 Å². The third-order valence-corrected chi connectivity index (χ3v) is 2.81. The lowest BCUT2D eigenvalue weighted by atomic mass is 9.93. The molecule has 0 saturated heterocycles. The fourth-order valence-corrected chi connectivity index (χ4v) is 2.08. The summed E-state index contributed by atoms with van der Waals surface area (Å²) in [5, 5.41) is 0. The summed E-state index contributed by atoms with van der Waals surface area (Å²) in [4.78, 5) is 0. The van der Waals surface area contributed by atoms with Gasteiger partial charge >= 0.3 is 0 Å². The zero-order chi connectivity index (χ0) is 11.5. The van der Waals surface area contributed by atoms with Gasteiger partial charge in [-0.2, -0.15) is 0 Å². The Morgan fingerprint density at radius 1 is 1.12 bits per heavy atom. The molecule has 0 spiro atoms. The van der Waals surface area contributed by atoms with E-state index in [1.54, 1.807) is 0 Å². The number of rotatable bonds is 2. The second kappa shape index (κ2) is 4.78. The smallest absolute Gasteiger partial charge is 0.129 e. The third kappa shape index (κ3) is 2.92. The molecule has 0 aliphatic heterocycles. The number of halogens is 2. The molecule has 0 aromatic heterocycles. The number of hydrogen-bond donors (Lipinski definition) is 1. The predicted octanol–water partition coefficient (Wildman–Crippen LogP) is 2.61. The Balaban J connectivity index is 2.02. The first-order chi connectivity index (χ1) is 7.63. The lowest BCUT2D eigenvalue weighted by Gasteiger charge is -2.27. The molecule has 1 aliphatic carbocycles. The molecular weight excluding hydrogens is 212 g/mol. The molecule has 1 aromatic rings. The molecule has 4 heteroatoms. The summed E-state index contributed by atoms with van der Waals surface area (Å²) in [5.41, 5.74) is 5.81. The van der Waals surface area contributed by atoms with E-state index in [-0.39, 0.29) is 17.9 Å². The molecule has 1 fully saturated rings. The molecule has 2 unspecified atom stereocenters. The summed E-state index contributed by atoms with van der Waals surface area (Å²) in [6.07, 6.45) is 3.62. The van der Waals surface area contributed by atoms with E-state index >= 15 is 0 Å². The van der Waals surface area contributed by atoms with Crippen LogP contribution in [0, 0.1) is 11.6 Å². The normalized spacial score (nSPS) is 25.4. The number of ether oxygens (including phenoxy) is 1. The molecule has 88 valence electrons. The molecule has 2 nitrogen and oxygen atoms in total. The fraction of sp³-hybridized carbons (Fsp3) is 0.500. The largest absolute Gasteiger partial charge is 0.490 e. The summed E-state index contributed by atoms with van der Waals surface area (Å²) in [6.45, 7) is 0. The van der Waals surface area contributed by atoms with Crippen LogP contribution in [0.2, 0.25) is 0 Å². The van der Waals surface area contributed by atoms with E-state index in [4.69, 9.17) is 10.5 Å². The van der Waals surface area contributed by atoms with E-state index < -0.39 is 11.6 Å². The van der Waals surface area contributed by atoms with E-state index in [0.717, 1.165) is 31.7 Å². The second-order valence-corrected chi connectivity index (χ2v) is 4.27. The molecule has 2 atom stereocenters. The molecule has 0 amide bonds. The molecule has 1 saturated carbocycles. The van der Waals surface area contributed by atoms with Crippen LogP contribution in [-0.2, 0) is 0 Å². The van der Waals surface area contributed by atoms with E-state index in [2.05, 4.69) is 0 Å². The summed E-state index contributed by atoms with van der Waals surface area (Å²) in [7, 11) is 0. The van der Waals surface area contributed by atoms with Crippen LogP contribution in [-0.4, -0.2) is 12.1 Å². The van der Waals surface area contributed by atoms with Gasteiger partial charge in [-0.1, -0.05) is 0 Å². The van der Waals surface area contributed by atoms with E-state index in [9.17, 15) is 8.78 Å². The van der Waals surface area contributed by atoms with Gasteiger partial charge in [-0.25, -0.2) is 8.78 Å². The fourth-order valence-electron chi connectivity index (χ4n) is 2.08. The molecular formula is C12H15F2NO. The highest BCUT2D eigenvalue weighted by Gasteiger charge is 2.20. The van der Waals surface area contributed by atoms with Gasteiger partial charge in [0.2, 0.25) is 0 Å². The first-order valence-electron chi connectivity index (χ1n) is 5.52. The van der Waals surface area contributed by atoms with Crippen molar-refractivity contribution >= 4 is 0 Å². The van der Waals surface area contributed by atoms with Gasteiger partial charge in [0.25, 0.3) is 0 Å². The first-order valence-corrected chi connectivity index (χ1v) is 5.52. The minimum Gasteiger partial charge on any atom is -0.490 e. The van der Waals surface area contributed by atoms with E-state index in [1.807, 2.05) is 0 Å². The third-order valence-electron chi connectivity index (χ3n) is 2.81. The summed E-state index contributed by atoms with van der Waals surface area (Å²) >= 11 is 0. The van der Waals surface area contributed by atoms with Crippen LogP contribution >= 0.6 is 0 Å². The summed E-state index contributed by atoms with van der Waals surface area (Å²) in [6, 6.07) is 3.36. The lowest BCUT2D eigenvalue weighted by Crippen LogP contribution is -2.33. The van der Waals surface area contributed by atoms with Gasteiger partial charge in [-0.3, -0.25) is 0 Å². The highest BCUT2D eigenvalue weighted by molar-refractivity contribution is 5.24. The molecule has 0 radical (unpaired) electrons. The summed E-state index contributed by atoms with van der Waals surface area (Å²) < 4.78 is 31.4. The molecule has 0 heterocycles. The lowest BCUT2D eigenvalue weighted by molar-refractivity contribution is 0.143. The SMILES string of the molecule is NC1CCCC(Oc2cc(F)cc(F)c2)C1. The quantitative estimate of drug-likeness (QED) is 0.842. The van der Waals surface area contributed by atoms with Crippen molar-refractivity contribution in [2.24, 2.45) is 5.73 Å². The standard InChI is InChI=1S/C12H15F2NO/c13-8-4-9(14)6-12(5-8)16-11-3-1-2-10(15)7-11/h4-6,10-11H,1-3,7,15H2. The number of benzene rings is 1. The second-order valence-electron chi connectivity index (χ2n) is 4.27. The van der Waals surface area contributed by atoms with Gasteiger partial charge in [-0.15, -0.1) is 0 Å². The van der Waals surface area contributed by atoms with Crippen molar-refractivity contribution in [3.05, 3.63) is 29.8 Å². The Morgan fingerprint density at radius 2 is 1.81 bits per heavy atom. The summed E-state index contributed by atoms with van der Waals surface area (Å²) in [5.74, 6) is -0.984. The van der Waals surface area contributed by atoms with Crippen molar-refractivity contribution in [2.45, 2.75) is 37.8 Å². The van der Waals surface area contributed by atoms with Crippen molar-refractivity contribution in [3.8, 4) is 5.75 Å². The highest BCUT2D eigenvalue weighted by atomic mass is 19.1. The maximum absolute atomic E-state index is 12.9. The van der Waals surface area contributed by atoms with E-state index in [1.165, 1.54) is 12.1 Å². The first kappa shape index (κ1) is 11.3. The van der Waals surface area contributed by atoms with Crippen LogP contribution in [0.1, 0.15) is 25.7 Å². The van der Waals surface area contributed by atoms with Gasteiger partial charge < -0.3 is 10.5 Å². The molecule has 1 aliphatic rings. The average Bonchev–Trinajstić information content (AvgIpc) is 2.15. The number of nitrogens with two attached hydrogens (primary N) is 1. The van der Waals surface area contributed by atoms with Gasteiger partial charge in [0.1, 0.15) is 23.5 Å². The Morgan fingerprint density at radius 3 is 2.44 bits per heavy atom. The average molecular weight is 227 g/mol. The predicted molar refractivity (Wildman–Crippen MR) is 57.2 cm³/mol. The maximum Gasteiger partial charge on any atom is 0.129 e. The van der Waals surface area contributed by atoms with Crippen molar-refractivity contribution in [2.75, 3.05) is 0 Å². The monoisotopic (exact) mass is 227 g/mol. The Hall–Kier alpha value is -1.16. The zero-order valence-corrected chi connectivity index (χ0v) is 8.96. The van der Waals surface area contributed by atoms with Gasteiger partial charge in [0, 0.05) is 24.2 Å². The minimum atomic E-state index is -0.616. The topological polar surface area (TPSA) is 35.2 Å². The molecule has 2 rings (SSSR count). The number of hydrogen-bond acceptors (Lipinski definition) is 2. The highest BCUT2D eigenvalue weighted by Crippen LogP contribution is 2.24. The van der Waals surface area contributed by atoms with Crippen LogP contribution in [0.4, 0.5) is 8.78 Å². The van der Waals surface area contributed by atoms with E-state index in [0.29, 0.717) is 0 Å². The Bertz CT molecular complexity index is 350. The van der Waals surface area contributed by atoms with Gasteiger partial charge in [0.05, 0.1) is 0 Å². The van der Waals surface area contributed by atoms with Crippen molar-refractivity contribution < 1.29 is 13.5 Å². The van der Waals surface area contributed by atoms with Gasteiger partial charge in [0.15, 0.2) is 0 Å². The van der Waals surface area contributed by atoms with Crippen molar-refractivity contribution in [1.82, 2.24) is 0 Å². The molecule has 0 bridgehead atoms. The maximum atomic E-state index is 12.9. The van der Waals surface area contributed by atoms with Crippen molar-refractivity contribution in [3.63, 3.8) is 0 Å². The van der Waals surface area contributed by atoms with Crippen LogP contribution < -0.4 is 10.5 Å². The Kier molecular flexibility index (Phi) is 3.39.